The molecule has 0 aliphatic rings. The van der Waals surface area contributed by atoms with Gasteiger partial charge < -0.3 is 10.5 Å². The molecule has 0 fully saturated rings. The lowest BCUT2D eigenvalue weighted by molar-refractivity contribution is 0.396. The van der Waals surface area contributed by atoms with Crippen molar-refractivity contribution in [2.75, 3.05) is 19.1 Å². The van der Waals surface area contributed by atoms with Crippen LogP contribution in [0.4, 0.5) is 5.82 Å². The van der Waals surface area contributed by atoms with Gasteiger partial charge in [-0.25, -0.2) is 0 Å². The molecule has 0 saturated carbocycles. The van der Waals surface area contributed by atoms with Gasteiger partial charge in [-0.3, -0.25) is 0 Å². The first-order chi connectivity index (χ1) is 6.65. The third-order valence-corrected chi connectivity index (χ3v) is 2.82. The van der Waals surface area contributed by atoms with E-state index in [0.29, 0.717) is 17.3 Å². The Hall–Kier alpha value is -1.41. The molecular formula is C9H11N3OS. The van der Waals surface area contributed by atoms with Crippen LogP contribution in [-0.2, 0) is 0 Å². The van der Waals surface area contributed by atoms with Gasteiger partial charge in [-0.05, 0) is 18.7 Å². The number of nitriles is 1. The van der Waals surface area contributed by atoms with Crippen molar-refractivity contribution >= 4 is 17.6 Å². The van der Waals surface area contributed by atoms with Crippen LogP contribution in [0.15, 0.2) is 4.90 Å². The number of thioether (sulfide) groups is 1. The molecule has 0 bridgehead atoms. The summed E-state index contributed by atoms with van der Waals surface area (Å²) in [6, 6.07) is 2.06. The van der Waals surface area contributed by atoms with Gasteiger partial charge in [0.15, 0.2) is 0 Å². The molecule has 0 radical (unpaired) electrons. The second kappa shape index (κ2) is 4.20. The number of ether oxygens (including phenoxy) is 1. The molecule has 74 valence electrons. The number of hydrogen-bond acceptors (Lipinski definition) is 5. The van der Waals surface area contributed by atoms with Crippen LogP contribution in [0.3, 0.4) is 0 Å². The number of aromatic nitrogens is 1. The normalized spacial score (nSPS) is 9.57. The third-order valence-electron chi connectivity index (χ3n) is 1.89. The van der Waals surface area contributed by atoms with E-state index in [-0.39, 0.29) is 0 Å². The van der Waals surface area contributed by atoms with Crippen LogP contribution in [0.1, 0.15) is 11.1 Å². The van der Waals surface area contributed by atoms with E-state index in [9.17, 15) is 0 Å². The van der Waals surface area contributed by atoms with Gasteiger partial charge in [0.05, 0.1) is 12.0 Å². The van der Waals surface area contributed by atoms with Gasteiger partial charge in [-0.15, -0.1) is 11.8 Å². The highest BCUT2D eigenvalue weighted by molar-refractivity contribution is 7.98. The topological polar surface area (TPSA) is 71.9 Å². The molecule has 0 aromatic carbocycles. The van der Waals surface area contributed by atoms with E-state index >= 15 is 0 Å². The van der Waals surface area contributed by atoms with Crippen LogP contribution in [0.2, 0.25) is 0 Å². The standard InChI is InChI=1S/C9H11N3OS/c1-5-6(4-10)9(13-2)12-8(11)7(5)14-3/h1-3H3,(H2,11,12). The Bertz CT molecular complexity index is 398. The molecule has 2 N–H and O–H groups in total. The van der Waals surface area contributed by atoms with Gasteiger partial charge in [0.1, 0.15) is 17.5 Å². The highest BCUT2D eigenvalue weighted by Gasteiger charge is 2.14. The first kappa shape index (κ1) is 10.7. The Labute approximate surface area is 87.1 Å². The molecule has 0 saturated heterocycles. The maximum absolute atomic E-state index is 8.92. The number of pyridine rings is 1. The van der Waals surface area contributed by atoms with E-state index in [2.05, 4.69) is 11.1 Å². The molecule has 0 aliphatic heterocycles. The number of methoxy groups -OCH3 is 1. The van der Waals surface area contributed by atoms with E-state index in [1.54, 1.807) is 0 Å². The van der Waals surface area contributed by atoms with Crippen LogP contribution in [0, 0.1) is 18.3 Å². The van der Waals surface area contributed by atoms with Crippen LogP contribution in [0.5, 0.6) is 5.88 Å². The lowest BCUT2D eigenvalue weighted by Crippen LogP contribution is -2.02. The van der Waals surface area contributed by atoms with Crippen molar-refractivity contribution in [3.05, 3.63) is 11.1 Å². The molecular weight excluding hydrogens is 198 g/mol. The SMILES string of the molecule is COc1nc(N)c(SC)c(C)c1C#N. The minimum atomic E-state index is 0.292. The van der Waals surface area contributed by atoms with Crippen LogP contribution in [0.25, 0.3) is 0 Å². The van der Waals surface area contributed by atoms with Crippen LogP contribution in [-0.4, -0.2) is 18.3 Å². The second-order valence-corrected chi connectivity index (χ2v) is 3.47. The van der Waals surface area contributed by atoms with Crippen molar-refractivity contribution in [1.29, 1.82) is 5.26 Å². The summed E-state index contributed by atoms with van der Waals surface area (Å²) in [5.74, 6) is 0.700. The van der Waals surface area contributed by atoms with Gasteiger partial charge in [-0.1, -0.05) is 0 Å². The average molecular weight is 209 g/mol. The highest BCUT2D eigenvalue weighted by Crippen LogP contribution is 2.31. The first-order valence-electron chi connectivity index (χ1n) is 3.93. The largest absolute Gasteiger partial charge is 0.480 e. The lowest BCUT2D eigenvalue weighted by atomic mass is 10.1. The Balaban J connectivity index is 3.49. The maximum Gasteiger partial charge on any atom is 0.233 e. The predicted molar refractivity (Wildman–Crippen MR) is 56.4 cm³/mol. The van der Waals surface area contributed by atoms with Gasteiger partial charge in [0.2, 0.25) is 5.88 Å². The fourth-order valence-corrected chi connectivity index (χ4v) is 1.88. The summed E-state index contributed by atoms with van der Waals surface area (Å²) >= 11 is 1.48. The highest BCUT2D eigenvalue weighted by atomic mass is 32.2. The molecule has 1 aromatic heterocycles. The van der Waals surface area contributed by atoms with E-state index in [1.165, 1.54) is 18.9 Å². The fourth-order valence-electron chi connectivity index (χ4n) is 1.22. The minimum Gasteiger partial charge on any atom is -0.480 e. The molecule has 0 unspecified atom stereocenters. The number of nitrogens with two attached hydrogens (primary N) is 1. The molecule has 0 amide bonds. The van der Waals surface area contributed by atoms with E-state index in [1.807, 2.05) is 13.2 Å². The summed E-state index contributed by atoms with van der Waals surface area (Å²) in [5.41, 5.74) is 6.98. The van der Waals surface area contributed by atoms with Crippen molar-refractivity contribution < 1.29 is 4.74 Å². The third kappa shape index (κ3) is 1.61. The summed E-state index contributed by atoms with van der Waals surface area (Å²) in [4.78, 5) is 4.84. The first-order valence-corrected chi connectivity index (χ1v) is 5.16. The zero-order valence-corrected chi connectivity index (χ0v) is 9.10. The van der Waals surface area contributed by atoms with E-state index in [4.69, 9.17) is 15.7 Å². The maximum atomic E-state index is 8.92. The van der Waals surface area contributed by atoms with Crippen LogP contribution >= 0.6 is 11.8 Å². The van der Waals surface area contributed by atoms with Crippen molar-refractivity contribution in [2.24, 2.45) is 0 Å². The average Bonchev–Trinajstić information content (AvgIpc) is 2.17. The Morgan fingerprint density at radius 3 is 2.64 bits per heavy atom. The number of nitrogens with zero attached hydrogens (tertiary/aromatic N) is 2. The van der Waals surface area contributed by atoms with Crippen molar-refractivity contribution in [3.8, 4) is 11.9 Å². The predicted octanol–water partition coefficient (Wildman–Crippen LogP) is 1.57. The van der Waals surface area contributed by atoms with Gasteiger partial charge >= 0.3 is 0 Å². The summed E-state index contributed by atoms with van der Waals surface area (Å²) in [5, 5.41) is 8.92. The van der Waals surface area contributed by atoms with Crippen molar-refractivity contribution in [3.63, 3.8) is 0 Å². The number of anilines is 1. The lowest BCUT2D eigenvalue weighted by Gasteiger charge is -2.10. The summed E-state index contributed by atoms with van der Waals surface area (Å²) in [6.07, 6.45) is 1.90. The molecule has 1 heterocycles. The van der Waals surface area contributed by atoms with Crippen molar-refractivity contribution in [2.45, 2.75) is 11.8 Å². The Morgan fingerprint density at radius 2 is 2.21 bits per heavy atom. The quantitative estimate of drug-likeness (QED) is 0.748. The molecule has 0 spiro atoms. The van der Waals surface area contributed by atoms with Gasteiger partial charge in [0.25, 0.3) is 0 Å². The second-order valence-electron chi connectivity index (χ2n) is 2.65. The van der Waals surface area contributed by atoms with Gasteiger partial charge in [-0.2, -0.15) is 10.2 Å². The van der Waals surface area contributed by atoms with E-state index < -0.39 is 0 Å². The summed E-state index contributed by atoms with van der Waals surface area (Å²) < 4.78 is 4.97. The molecule has 4 nitrogen and oxygen atoms in total. The zero-order chi connectivity index (χ0) is 10.7. The summed E-state index contributed by atoms with van der Waals surface area (Å²) in [6.45, 7) is 1.84. The number of hydrogen-bond donors (Lipinski definition) is 1. The van der Waals surface area contributed by atoms with Crippen molar-refractivity contribution in [1.82, 2.24) is 4.98 Å². The molecule has 0 aliphatic carbocycles. The number of rotatable bonds is 2. The smallest absolute Gasteiger partial charge is 0.233 e. The summed E-state index contributed by atoms with van der Waals surface area (Å²) in [7, 11) is 1.47. The van der Waals surface area contributed by atoms with E-state index in [0.717, 1.165) is 10.5 Å². The fraction of sp³-hybridized carbons (Fsp3) is 0.333. The molecule has 1 aromatic rings. The molecule has 0 atom stereocenters. The Morgan fingerprint density at radius 1 is 1.57 bits per heavy atom. The molecule has 1 rings (SSSR count). The zero-order valence-electron chi connectivity index (χ0n) is 8.29. The number of nitrogen functional groups attached to an aromatic ring is 1. The molecule has 14 heavy (non-hydrogen) atoms. The van der Waals surface area contributed by atoms with Crippen LogP contribution < -0.4 is 10.5 Å². The molecule has 5 heteroatoms. The minimum absolute atomic E-state index is 0.292. The Kier molecular flexibility index (Phi) is 3.20. The van der Waals surface area contributed by atoms with Gasteiger partial charge in [0, 0.05) is 0 Å². The monoisotopic (exact) mass is 209 g/mol.